The summed E-state index contributed by atoms with van der Waals surface area (Å²) in [5.74, 6) is -0.970. The van der Waals surface area contributed by atoms with Crippen LogP contribution in [0.2, 0.25) is 0 Å². The quantitative estimate of drug-likeness (QED) is 0.726. The Balaban J connectivity index is 2.14. The molecule has 0 atom stereocenters. The highest BCUT2D eigenvalue weighted by atomic mass is 32.1. The van der Waals surface area contributed by atoms with E-state index in [2.05, 4.69) is 22.0 Å². The first-order valence-electron chi connectivity index (χ1n) is 8.96. The number of likely N-dealkylation sites (N-methyl/N-ethyl adjacent to an activating group) is 1. The van der Waals surface area contributed by atoms with E-state index >= 15 is 0 Å². The molecule has 0 saturated carbocycles. The largest absolute Gasteiger partial charge is 0.465 e. The molecular formula is C18H28N4O4S. The second-order valence-electron chi connectivity index (χ2n) is 6.71. The van der Waals surface area contributed by atoms with E-state index < -0.39 is 5.97 Å². The minimum absolute atomic E-state index is 0.199. The molecule has 8 nitrogen and oxygen atoms in total. The van der Waals surface area contributed by atoms with Crippen LogP contribution in [0.1, 0.15) is 32.5 Å². The van der Waals surface area contributed by atoms with Crippen LogP contribution in [0.5, 0.6) is 0 Å². The second-order valence-corrected chi connectivity index (χ2v) is 7.73. The van der Waals surface area contributed by atoms with Gasteiger partial charge in [0.05, 0.1) is 24.1 Å². The van der Waals surface area contributed by atoms with Gasteiger partial charge in [-0.2, -0.15) is 0 Å². The summed E-state index contributed by atoms with van der Waals surface area (Å²) in [6.45, 7) is 8.64. The zero-order chi connectivity index (χ0) is 20.1. The minimum Gasteiger partial charge on any atom is -0.465 e. The maximum Gasteiger partial charge on any atom is 0.341 e. The van der Waals surface area contributed by atoms with E-state index in [1.807, 2.05) is 0 Å². The average molecular weight is 397 g/mol. The van der Waals surface area contributed by atoms with Crippen molar-refractivity contribution in [3.63, 3.8) is 0 Å². The van der Waals surface area contributed by atoms with Gasteiger partial charge in [0.15, 0.2) is 0 Å². The summed E-state index contributed by atoms with van der Waals surface area (Å²) in [5.41, 5.74) is 0.772. The van der Waals surface area contributed by atoms with Crippen molar-refractivity contribution >= 4 is 34.1 Å². The molecule has 0 unspecified atom stereocenters. The van der Waals surface area contributed by atoms with Crippen LogP contribution in [-0.2, 0) is 9.53 Å². The zero-order valence-electron chi connectivity index (χ0n) is 16.6. The highest BCUT2D eigenvalue weighted by Gasteiger charge is 2.27. The van der Waals surface area contributed by atoms with Gasteiger partial charge in [-0.15, -0.1) is 11.3 Å². The SMILES string of the molecule is CCN1CCN(CC(=O)Nc2sc(C(=O)N(C)C)c(C)c2C(=O)OC)CC1. The molecule has 1 aromatic heterocycles. The number of methoxy groups -OCH3 is 1. The summed E-state index contributed by atoms with van der Waals surface area (Å²) in [5, 5.41) is 3.17. The van der Waals surface area contributed by atoms with Gasteiger partial charge < -0.3 is 19.9 Å². The maximum atomic E-state index is 12.5. The lowest BCUT2D eigenvalue weighted by Crippen LogP contribution is -2.48. The normalized spacial score (nSPS) is 15.4. The lowest BCUT2D eigenvalue weighted by atomic mass is 10.1. The number of piperazine rings is 1. The Bertz CT molecular complexity index is 708. The molecule has 0 spiro atoms. The Kier molecular flexibility index (Phi) is 7.34. The molecule has 1 aliphatic rings. The van der Waals surface area contributed by atoms with Crippen LogP contribution in [0.15, 0.2) is 0 Å². The van der Waals surface area contributed by atoms with Crippen LogP contribution in [0.4, 0.5) is 5.00 Å². The monoisotopic (exact) mass is 396 g/mol. The summed E-state index contributed by atoms with van der Waals surface area (Å²) >= 11 is 1.11. The molecule has 150 valence electrons. The number of amides is 2. The van der Waals surface area contributed by atoms with Crippen molar-refractivity contribution in [1.82, 2.24) is 14.7 Å². The maximum absolute atomic E-state index is 12.5. The molecule has 1 saturated heterocycles. The van der Waals surface area contributed by atoms with Crippen LogP contribution in [0.25, 0.3) is 0 Å². The van der Waals surface area contributed by atoms with E-state index in [4.69, 9.17) is 4.74 Å². The molecule has 9 heteroatoms. The number of anilines is 1. The Morgan fingerprint density at radius 3 is 2.26 bits per heavy atom. The molecule has 0 aliphatic carbocycles. The lowest BCUT2D eigenvalue weighted by molar-refractivity contribution is -0.117. The van der Waals surface area contributed by atoms with Crippen molar-refractivity contribution in [1.29, 1.82) is 0 Å². The fourth-order valence-corrected chi connectivity index (χ4v) is 4.22. The van der Waals surface area contributed by atoms with Gasteiger partial charge in [-0.05, 0) is 19.0 Å². The number of carbonyl (C=O) groups excluding carboxylic acids is 3. The van der Waals surface area contributed by atoms with Crippen molar-refractivity contribution in [3.05, 3.63) is 16.0 Å². The molecule has 2 rings (SSSR count). The number of esters is 1. The zero-order valence-corrected chi connectivity index (χ0v) is 17.4. The lowest BCUT2D eigenvalue weighted by Gasteiger charge is -2.33. The summed E-state index contributed by atoms with van der Waals surface area (Å²) in [6.07, 6.45) is 0. The van der Waals surface area contributed by atoms with E-state index in [1.165, 1.54) is 12.0 Å². The summed E-state index contributed by atoms with van der Waals surface area (Å²) in [7, 11) is 4.58. The highest BCUT2D eigenvalue weighted by Crippen LogP contribution is 2.34. The molecule has 1 aliphatic heterocycles. The Morgan fingerprint density at radius 2 is 1.74 bits per heavy atom. The predicted molar refractivity (Wildman–Crippen MR) is 106 cm³/mol. The van der Waals surface area contributed by atoms with Crippen molar-refractivity contribution in [2.45, 2.75) is 13.8 Å². The standard InChI is InChI=1S/C18H28N4O4S/c1-6-21-7-9-22(10-8-21)11-13(23)19-16-14(18(25)26-5)12(2)15(27-16)17(24)20(3)4/h6-11H2,1-5H3,(H,19,23). The molecule has 1 fully saturated rings. The van der Waals surface area contributed by atoms with Gasteiger partial charge in [-0.1, -0.05) is 6.92 Å². The molecule has 27 heavy (non-hydrogen) atoms. The molecule has 0 aromatic carbocycles. The molecule has 0 radical (unpaired) electrons. The molecule has 2 heterocycles. The van der Waals surface area contributed by atoms with Gasteiger partial charge in [0.25, 0.3) is 5.91 Å². The van der Waals surface area contributed by atoms with Gasteiger partial charge in [0, 0.05) is 40.3 Å². The van der Waals surface area contributed by atoms with Gasteiger partial charge in [0.1, 0.15) is 5.00 Å². The molecule has 1 N–H and O–H groups in total. The van der Waals surface area contributed by atoms with Crippen LogP contribution in [0.3, 0.4) is 0 Å². The Labute approximate surface area is 164 Å². The van der Waals surface area contributed by atoms with Gasteiger partial charge in [0.2, 0.25) is 5.91 Å². The number of ether oxygens (including phenoxy) is 1. The minimum atomic E-state index is -0.562. The van der Waals surface area contributed by atoms with Crippen molar-refractivity contribution in [2.75, 3.05) is 65.8 Å². The second kappa shape index (κ2) is 9.29. The van der Waals surface area contributed by atoms with Crippen molar-refractivity contribution in [3.8, 4) is 0 Å². The van der Waals surface area contributed by atoms with E-state index in [0.29, 0.717) is 15.4 Å². The highest BCUT2D eigenvalue weighted by molar-refractivity contribution is 7.18. The molecule has 1 aromatic rings. The first kappa shape index (κ1) is 21.3. The average Bonchev–Trinajstić information content (AvgIpc) is 2.96. The number of hydrogen-bond acceptors (Lipinski definition) is 7. The number of rotatable bonds is 6. The van der Waals surface area contributed by atoms with Crippen molar-refractivity contribution in [2.24, 2.45) is 0 Å². The predicted octanol–water partition coefficient (Wildman–Crippen LogP) is 1.12. The molecular weight excluding hydrogens is 368 g/mol. The third-order valence-electron chi connectivity index (χ3n) is 4.67. The number of hydrogen-bond donors (Lipinski definition) is 1. The van der Waals surface area contributed by atoms with E-state index in [0.717, 1.165) is 44.1 Å². The molecule has 0 bridgehead atoms. The van der Waals surface area contributed by atoms with E-state index in [9.17, 15) is 14.4 Å². The third-order valence-corrected chi connectivity index (χ3v) is 5.86. The van der Waals surface area contributed by atoms with E-state index in [1.54, 1.807) is 21.0 Å². The van der Waals surface area contributed by atoms with Gasteiger partial charge >= 0.3 is 5.97 Å². The Morgan fingerprint density at radius 1 is 1.15 bits per heavy atom. The smallest absolute Gasteiger partial charge is 0.341 e. The topological polar surface area (TPSA) is 82.2 Å². The first-order chi connectivity index (χ1) is 12.8. The number of carbonyl (C=O) groups is 3. The van der Waals surface area contributed by atoms with Crippen molar-refractivity contribution < 1.29 is 19.1 Å². The summed E-state index contributed by atoms with van der Waals surface area (Å²) in [4.78, 5) is 43.4. The molecule has 2 amide bonds. The van der Waals surface area contributed by atoms with Crippen LogP contribution in [-0.4, -0.2) is 93.0 Å². The van der Waals surface area contributed by atoms with Gasteiger partial charge in [-0.25, -0.2) is 4.79 Å². The van der Waals surface area contributed by atoms with Crippen LogP contribution >= 0.6 is 11.3 Å². The van der Waals surface area contributed by atoms with Crippen LogP contribution < -0.4 is 5.32 Å². The number of nitrogens with zero attached hydrogens (tertiary/aromatic N) is 3. The summed E-state index contributed by atoms with van der Waals surface area (Å²) < 4.78 is 4.84. The van der Waals surface area contributed by atoms with Gasteiger partial charge in [-0.3, -0.25) is 14.5 Å². The number of thiophene rings is 1. The fourth-order valence-electron chi connectivity index (χ4n) is 2.99. The first-order valence-corrected chi connectivity index (χ1v) is 9.78. The Hall–Kier alpha value is -1.97. The summed E-state index contributed by atoms with van der Waals surface area (Å²) in [6, 6.07) is 0. The fraction of sp³-hybridized carbons (Fsp3) is 0.611. The van der Waals surface area contributed by atoms with Crippen LogP contribution in [0, 0.1) is 6.92 Å². The number of nitrogens with one attached hydrogen (secondary N) is 1. The third kappa shape index (κ3) is 5.06. The van der Waals surface area contributed by atoms with E-state index in [-0.39, 0.29) is 23.9 Å².